The molecule has 1 aromatic rings. The van der Waals surface area contributed by atoms with Gasteiger partial charge in [-0.1, -0.05) is 31.9 Å². The Kier molecular flexibility index (Phi) is 3.21. The third kappa shape index (κ3) is 1.74. The van der Waals surface area contributed by atoms with E-state index in [-0.39, 0.29) is 50.9 Å². The number of alkyl halides is 2. The van der Waals surface area contributed by atoms with Gasteiger partial charge in [-0.25, -0.2) is 4.90 Å². The highest BCUT2D eigenvalue weighted by molar-refractivity contribution is 9.12. The fourth-order valence-corrected chi connectivity index (χ4v) is 6.35. The normalized spacial score (nSPS) is 39.7. The van der Waals surface area contributed by atoms with Gasteiger partial charge in [0.15, 0.2) is 0 Å². The summed E-state index contributed by atoms with van der Waals surface area (Å²) in [5, 5.41) is 9.54. The number of hydrogen-bond acceptors (Lipinski definition) is 3. The summed E-state index contributed by atoms with van der Waals surface area (Å²) in [7, 11) is 0. The first-order chi connectivity index (χ1) is 10.4. The lowest BCUT2D eigenvalue weighted by Gasteiger charge is -2.28. The van der Waals surface area contributed by atoms with Gasteiger partial charge in [0.05, 0.1) is 17.5 Å². The number of fused-ring (bicyclic) bond motifs is 5. The second-order valence-corrected chi connectivity index (χ2v) is 8.60. The van der Waals surface area contributed by atoms with Crippen molar-refractivity contribution in [3.8, 4) is 5.75 Å². The molecule has 4 rings (SSSR count). The smallest absolute Gasteiger partial charge is 0.238 e. The number of rotatable bonds is 1. The lowest BCUT2D eigenvalue weighted by molar-refractivity contribution is -0.123. The topological polar surface area (TPSA) is 57.6 Å². The minimum atomic E-state index is -0.205. The van der Waals surface area contributed by atoms with Crippen LogP contribution in [-0.4, -0.2) is 26.6 Å². The van der Waals surface area contributed by atoms with Crippen molar-refractivity contribution in [3.05, 3.63) is 23.8 Å². The van der Waals surface area contributed by atoms with Crippen LogP contribution in [0.5, 0.6) is 5.75 Å². The Labute approximate surface area is 145 Å². The van der Waals surface area contributed by atoms with Crippen LogP contribution in [0.4, 0.5) is 5.69 Å². The Morgan fingerprint density at radius 3 is 2.14 bits per heavy atom. The minimum Gasteiger partial charge on any atom is -0.508 e. The molecule has 116 valence electrons. The number of carbonyl (C=O) groups is 2. The summed E-state index contributed by atoms with van der Waals surface area (Å²) >= 11 is 7.37. The van der Waals surface area contributed by atoms with E-state index in [2.05, 4.69) is 31.9 Å². The molecule has 3 fully saturated rings. The minimum absolute atomic E-state index is 0.0832. The van der Waals surface area contributed by atoms with Crippen LogP contribution in [0.1, 0.15) is 12.0 Å². The highest BCUT2D eigenvalue weighted by Crippen LogP contribution is 2.60. The molecule has 0 radical (unpaired) electrons. The van der Waals surface area contributed by atoms with E-state index < -0.39 is 0 Å². The SMILES string of the molecule is Cc1cc(O)ccc1N1C(=O)[C@@H]2[C@H]3C[C@@H]([C@H](Br)[C@@H]3Br)[C@@H]2C1=O. The number of anilines is 1. The molecular weight excluding hydrogens is 414 g/mol. The highest BCUT2D eigenvalue weighted by atomic mass is 79.9. The summed E-state index contributed by atoms with van der Waals surface area (Å²) in [6.45, 7) is 1.80. The summed E-state index contributed by atoms with van der Waals surface area (Å²) in [6, 6.07) is 4.76. The largest absolute Gasteiger partial charge is 0.508 e. The molecule has 1 N–H and O–H groups in total. The van der Waals surface area contributed by atoms with Crippen molar-refractivity contribution in [2.45, 2.75) is 23.0 Å². The van der Waals surface area contributed by atoms with Gasteiger partial charge in [-0.05, 0) is 48.9 Å². The molecule has 22 heavy (non-hydrogen) atoms. The Morgan fingerprint density at radius 1 is 1.09 bits per heavy atom. The summed E-state index contributed by atoms with van der Waals surface area (Å²) in [5.41, 5.74) is 1.33. The van der Waals surface area contributed by atoms with Crippen molar-refractivity contribution in [2.24, 2.45) is 23.7 Å². The average Bonchev–Trinajstić information content (AvgIpc) is 3.06. The first-order valence-electron chi connectivity index (χ1n) is 7.37. The van der Waals surface area contributed by atoms with Gasteiger partial charge >= 0.3 is 0 Å². The Morgan fingerprint density at radius 2 is 1.64 bits per heavy atom. The van der Waals surface area contributed by atoms with E-state index in [1.165, 1.54) is 11.0 Å². The number of imide groups is 1. The average molecular weight is 429 g/mol. The van der Waals surface area contributed by atoms with Crippen molar-refractivity contribution in [1.82, 2.24) is 0 Å². The van der Waals surface area contributed by atoms with Gasteiger partial charge in [0.25, 0.3) is 0 Å². The standard InChI is InChI=1S/C16H15Br2NO3/c1-6-4-7(20)2-3-10(6)19-15(21)11-8-5-9(12(11)16(19)22)14(18)13(8)17/h2-4,8-9,11-14,20H,5H2,1H3/t8-,9-,11-,12+,13-,14+/m1/s1. The van der Waals surface area contributed by atoms with E-state index in [1.807, 2.05) is 0 Å². The molecule has 0 spiro atoms. The van der Waals surface area contributed by atoms with Crippen LogP contribution in [0.25, 0.3) is 0 Å². The third-order valence-corrected chi connectivity index (χ3v) is 8.62. The van der Waals surface area contributed by atoms with Gasteiger partial charge in [0.2, 0.25) is 11.8 Å². The number of nitrogens with zero attached hydrogens (tertiary/aromatic N) is 1. The number of aryl methyl sites for hydroxylation is 1. The van der Waals surface area contributed by atoms with E-state index in [9.17, 15) is 14.7 Å². The monoisotopic (exact) mass is 427 g/mol. The van der Waals surface area contributed by atoms with Crippen molar-refractivity contribution < 1.29 is 14.7 Å². The maximum absolute atomic E-state index is 12.9. The summed E-state index contributed by atoms with van der Waals surface area (Å²) in [6.07, 6.45) is 0.932. The summed E-state index contributed by atoms with van der Waals surface area (Å²) < 4.78 is 0. The lowest BCUT2D eigenvalue weighted by atomic mass is 9.81. The van der Waals surface area contributed by atoms with E-state index in [0.29, 0.717) is 5.69 Å². The van der Waals surface area contributed by atoms with E-state index >= 15 is 0 Å². The number of phenolic OH excluding ortho intramolecular Hbond substituents is 1. The Bertz CT molecular complexity index is 660. The quantitative estimate of drug-likeness (QED) is 0.552. The number of aromatic hydroxyl groups is 1. The van der Waals surface area contributed by atoms with E-state index in [4.69, 9.17) is 0 Å². The lowest BCUT2D eigenvalue weighted by Crippen LogP contribution is -2.37. The number of amides is 2. The van der Waals surface area contributed by atoms with Gasteiger partial charge in [0, 0.05) is 9.65 Å². The van der Waals surface area contributed by atoms with Gasteiger partial charge < -0.3 is 5.11 Å². The van der Waals surface area contributed by atoms with Crippen LogP contribution < -0.4 is 4.90 Å². The Balaban J connectivity index is 1.76. The number of carbonyl (C=O) groups excluding carboxylic acids is 2. The molecule has 3 aliphatic rings. The van der Waals surface area contributed by atoms with Gasteiger partial charge in [-0.2, -0.15) is 0 Å². The van der Waals surface area contributed by atoms with E-state index in [1.54, 1.807) is 19.1 Å². The molecular formula is C16H15Br2NO3. The van der Waals surface area contributed by atoms with Crippen molar-refractivity contribution >= 4 is 49.4 Å². The number of hydrogen-bond donors (Lipinski definition) is 1. The number of benzene rings is 1. The molecule has 6 heteroatoms. The Hall–Kier alpha value is -0.880. The van der Waals surface area contributed by atoms with Crippen LogP contribution in [0.3, 0.4) is 0 Å². The van der Waals surface area contributed by atoms with Crippen molar-refractivity contribution in [1.29, 1.82) is 0 Å². The third-order valence-electron chi connectivity index (χ3n) is 5.41. The van der Waals surface area contributed by atoms with Crippen LogP contribution in [0, 0.1) is 30.6 Å². The molecule has 2 amide bonds. The van der Waals surface area contributed by atoms with Gasteiger partial charge in [-0.15, -0.1) is 0 Å². The van der Waals surface area contributed by atoms with Crippen LogP contribution >= 0.6 is 31.9 Å². The maximum atomic E-state index is 12.9. The van der Waals surface area contributed by atoms with Crippen molar-refractivity contribution in [2.75, 3.05) is 4.90 Å². The molecule has 2 saturated carbocycles. The molecule has 1 heterocycles. The van der Waals surface area contributed by atoms with Crippen LogP contribution in [-0.2, 0) is 9.59 Å². The zero-order chi connectivity index (χ0) is 15.8. The maximum Gasteiger partial charge on any atom is 0.238 e. The molecule has 6 atom stereocenters. The highest BCUT2D eigenvalue weighted by Gasteiger charge is 2.66. The second kappa shape index (κ2) is 4.81. The molecule has 4 nitrogen and oxygen atoms in total. The van der Waals surface area contributed by atoms with Gasteiger partial charge in [0.1, 0.15) is 5.75 Å². The predicted octanol–water partition coefficient (Wildman–Crippen LogP) is 2.98. The molecule has 1 aliphatic heterocycles. The molecule has 2 aliphatic carbocycles. The zero-order valence-corrected chi connectivity index (χ0v) is 15.0. The first-order valence-corrected chi connectivity index (χ1v) is 9.20. The molecule has 1 saturated heterocycles. The molecule has 0 aromatic heterocycles. The number of halogens is 2. The molecule has 1 aromatic carbocycles. The van der Waals surface area contributed by atoms with Crippen LogP contribution in [0.15, 0.2) is 18.2 Å². The fraction of sp³-hybridized carbons (Fsp3) is 0.500. The summed E-state index contributed by atoms with van der Waals surface area (Å²) in [4.78, 5) is 27.6. The van der Waals surface area contributed by atoms with Crippen LogP contribution in [0.2, 0.25) is 0 Å². The summed E-state index contributed by atoms with van der Waals surface area (Å²) in [5.74, 6) is 0.00572. The van der Waals surface area contributed by atoms with Crippen molar-refractivity contribution in [3.63, 3.8) is 0 Å². The molecule has 2 bridgehead atoms. The molecule has 0 unspecified atom stereocenters. The number of phenols is 1. The predicted molar refractivity (Wildman–Crippen MR) is 89.3 cm³/mol. The fourth-order valence-electron chi connectivity index (χ4n) is 4.48. The second-order valence-electron chi connectivity index (χ2n) is 6.49. The van der Waals surface area contributed by atoms with E-state index in [0.717, 1.165) is 12.0 Å². The first kappa shape index (κ1) is 14.7. The van der Waals surface area contributed by atoms with Gasteiger partial charge in [-0.3, -0.25) is 9.59 Å². The zero-order valence-electron chi connectivity index (χ0n) is 11.9.